The van der Waals surface area contributed by atoms with Crippen LogP contribution in [0.1, 0.15) is 36.5 Å². The number of rotatable bonds is 7. The van der Waals surface area contributed by atoms with E-state index in [0.29, 0.717) is 0 Å². The summed E-state index contributed by atoms with van der Waals surface area (Å²) in [6.45, 7) is 1.91. The minimum Gasteiger partial charge on any atom is -0.496 e. The summed E-state index contributed by atoms with van der Waals surface area (Å²) in [6, 6.07) is 13.5. The molecule has 2 unspecified atom stereocenters. The second-order valence-electron chi connectivity index (χ2n) is 5.69. The van der Waals surface area contributed by atoms with E-state index >= 15 is 0 Å². The largest absolute Gasteiger partial charge is 0.496 e. The Morgan fingerprint density at radius 2 is 1.79 bits per heavy atom. The third-order valence-electron chi connectivity index (χ3n) is 3.92. The molecule has 2 aromatic rings. The average molecular weight is 331 g/mol. The van der Waals surface area contributed by atoms with Gasteiger partial charge in [0.15, 0.2) is 0 Å². The zero-order valence-electron chi connectivity index (χ0n) is 13.8. The van der Waals surface area contributed by atoms with Crippen LogP contribution >= 0.6 is 0 Å². The molecule has 0 bridgehead atoms. The number of nitrogens with one attached hydrogen (secondary N) is 1. The van der Waals surface area contributed by atoms with E-state index in [9.17, 15) is 14.3 Å². The van der Waals surface area contributed by atoms with Gasteiger partial charge in [-0.25, -0.2) is 4.39 Å². The number of hydrogen-bond donors (Lipinski definition) is 2. The van der Waals surface area contributed by atoms with Crippen molar-refractivity contribution in [1.82, 2.24) is 5.32 Å². The van der Waals surface area contributed by atoms with Crippen molar-refractivity contribution in [3.05, 3.63) is 65.5 Å². The summed E-state index contributed by atoms with van der Waals surface area (Å²) in [6.07, 6.45) is -0.818. The van der Waals surface area contributed by atoms with E-state index in [1.54, 1.807) is 19.2 Å². The Bertz CT molecular complexity index is 690. The number of aliphatic hydroxyl groups excluding tert-OH is 1. The number of carbonyl (C=O) groups excluding carboxylic acids is 1. The molecule has 0 aromatic heterocycles. The van der Waals surface area contributed by atoms with Crippen molar-refractivity contribution in [1.29, 1.82) is 0 Å². The van der Waals surface area contributed by atoms with E-state index in [2.05, 4.69) is 5.32 Å². The van der Waals surface area contributed by atoms with Gasteiger partial charge < -0.3 is 15.2 Å². The summed E-state index contributed by atoms with van der Waals surface area (Å²) in [5.41, 5.74) is 1.13. The molecule has 0 aliphatic carbocycles. The summed E-state index contributed by atoms with van der Waals surface area (Å²) in [5.74, 6) is 0.0152. The predicted molar refractivity (Wildman–Crippen MR) is 90.4 cm³/mol. The van der Waals surface area contributed by atoms with Crippen LogP contribution in [0.2, 0.25) is 0 Å². The Morgan fingerprint density at radius 3 is 2.46 bits per heavy atom. The van der Waals surface area contributed by atoms with Crippen LogP contribution in [-0.2, 0) is 4.79 Å². The molecular formula is C19H22FNO3. The number of ether oxygens (including phenoxy) is 1. The molecule has 2 atom stereocenters. The first kappa shape index (κ1) is 17.9. The quantitative estimate of drug-likeness (QED) is 0.819. The molecule has 0 heterocycles. The third-order valence-corrected chi connectivity index (χ3v) is 3.92. The van der Waals surface area contributed by atoms with Crippen molar-refractivity contribution in [2.75, 3.05) is 13.7 Å². The fourth-order valence-corrected chi connectivity index (χ4v) is 2.60. The smallest absolute Gasteiger partial charge is 0.220 e. The highest BCUT2D eigenvalue weighted by Gasteiger charge is 2.17. The standard InChI is InChI=1S/C19H22FNO3/c1-13(14-7-4-6-10-18(14)24-2)11-19(23)21-12-17(22)15-8-3-5-9-16(15)20/h3-10,13,17,22H,11-12H2,1-2H3,(H,21,23). The zero-order chi connectivity index (χ0) is 17.5. The van der Waals surface area contributed by atoms with Crippen LogP contribution < -0.4 is 10.1 Å². The van der Waals surface area contributed by atoms with Crippen LogP contribution in [0.4, 0.5) is 4.39 Å². The van der Waals surface area contributed by atoms with Gasteiger partial charge in [-0.1, -0.05) is 43.3 Å². The Morgan fingerprint density at radius 1 is 1.17 bits per heavy atom. The lowest BCUT2D eigenvalue weighted by molar-refractivity contribution is -0.121. The molecule has 5 heteroatoms. The number of methoxy groups -OCH3 is 1. The van der Waals surface area contributed by atoms with Gasteiger partial charge in [0, 0.05) is 18.5 Å². The summed E-state index contributed by atoms with van der Waals surface area (Å²) < 4.78 is 18.9. The predicted octanol–water partition coefficient (Wildman–Crippen LogP) is 3.18. The van der Waals surface area contributed by atoms with E-state index in [0.717, 1.165) is 11.3 Å². The molecule has 4 nitrogen and oxygen atoms in total. The number of halogens is 1. The topological polar surface area (TPSA) is 58.6 Å². The number of para-hydroxylation sites is 1. The fourth-order valence-electron chi connectivity index (χ4n) is 2.60. The van der Waals surface area contributed by atoms with Gasteiger partial charge in [0.2, 0.25) is 5.91 Å². The van der Waals surface area contributed by atoms with Crippen LogP contribution in [-0.4, -0.2) is 24.7 Å². The maximum atomic E-state index is 13.6. The summed E-state index contributed by atoms with van der Waals surface area (Å²) in [4.78, 5) is 12.1. The number of aliphatic hydroxyl groups is 1. The van der Waals surface area contributed by atoms with Gasteiger partial charge in [-0.2, -0.15) is 0 Å². The maximum Gasteiger partial charge on any atom is 0.220 e. The summed E-state index contributed by atoms with van der Waals surface area (Å²) >= 11 is 0. The monoisotopic (exact) mass is 331 g/mol. The van der Waals surface area contributed by atoms with Gasteiger partial charge >= 0.3 is 0 Å². The SMILES string of the molecule is COc1ccccc1C(C)CC(=O)NCC(O)c1ccccc1F. The Labute approximate surface area is 141 Å². The Kier molecular flexibility index (Phi) is 6.32. The molecular weight excluding hydrogens is 309 g/mol. The third kappa shape index (κ3) is 4.55. The molecule has 0 fully saturated rings. The van der Waals surface area contributed by atoms with E-state index < -0.39 is 11.9 Å². The highest BCUT2D eigenvalue weighted by molar-refractivity contribution is 5.77. The van der Waals surface area contributed by atoms with E-state index in [4.69, 9.17) is 4.74 Å². The summed E-state index contributed by atoms with van der Waals surface area (Å²) in [5, 5.41) is 12.7. The van der Waals surface area contributed by atoms with Gasteiger partial charge in [0.05, 0.1) is 13.2 Å². The van der Waals surface area contributed by atoms with Crippen LogP contribution in [0.5, 0.6) is 5.75 Å². The van der Waals surface area contributed by atoms with Crippen LogP contribution in [0.25, 0.3) is 0 Å². The van der Waals surface area contributed by atoms with Gasteiger partial charge in [-0.3, -0.25) is 4.79 Å². The lowest BCUT2D eigenvalue weighted by Crippen LogP contribution is -2.29. The van der Waals surface area contributed by atoms with E-state index in [1.165, 1.54) is 12.1 Å². The summed E-state index contributed by atoms with van der Waals surface area (Å²) in [7, 11) is 1.59. The maximum absolute atomic E-state index is 13.6. The first-order valence-corrected chi connectivity index (χ1v) is 7.85. The lowest BCUT2D eigenvalue weighted by atomic mass is 9.96. The van der Waals surface area contributed by atoms with Crippen LogP contribution in [0.15, 0.2) is 48.5 Å². The van der Waals surface area contributed by atoms with Crippen LogP contribution in [0.3, 0.4) is 0 Å². The number of benzene rings is 2. The molecule has 0 saturated heterocycles. The first-order chi connectivity index (χ1) is 11.5. The molecule has 0 radical (unpaired) electrons. The second-order valence-corrected chi connectivity index (χ2v) is 5.69. The fraction of sp³-hybridized carbons (Fsp3) is 0.316. The van der Waals surface area contributed by atoms with Gasteiger partial charge in [-0.15, -0.1) is 0 Å². The van der Waals surface area contributed by atoms with Crippen molar-refractivity contribution < 1.29 is 19.0 Å². The van der Waals surface area contributed by atoms with Crippen LogP contribution in [0, 0.1) is 5.82 Å². The number of hydrogen-bond acceptors (Lipinski definition) is 3. The van der Waals surface area contributed by atoms with Crippen molar-refractivity contribution in [2.45, 2.75) is 25.4 Å². The highest BCUT2D eigenvalue weighted by Crippen LogP contribution is 2.28. The molecule has 0 aliphatic heterocycles. The molecule has 0 spiro atoms. The minimum absolute atomic E-state index is 0.0294. The second kappa shape index (κ2) is 8.45. The Hall–Kier alpha value is -2.40. The molecule has 128 valence electrons. The number of carbonyl (C=O) groups is 1. The zero-order valence-corrected chi connectivity index (χ0v) is 13.8. The van der Waals surface area contributed by atoms with E-state index in [-0.39, 0.29) is 30.4 Å². The lowest BCUT2D eigenvalue weighted by Gasteiger charge is -2.17. The highest BCUT2D eigenvalue weighted by atomic mass is 19.1. The Balaban J connectivity index is 1.90. The van der Waals surface area contributed by atoms with E-state index in [1.807, 2.05) is 31.2 Å². The van der Waals surface area contributed by atoms with Gasteiger partial charge in [0.25, 0.3) is 0 Å². The minimum atomic E-state index is -1.07. The molecule has 0 saturated carbocycles. The van der Waals surface area contributed by atoms with Crippen molar-refractivity contribution in [2.24, 2.45) is 0 Å². The average Bonchev–Trinajstić information content (AvgIpc) is 2.60. The van der Waals surface area contributed by atoms with Gasteiger partial charge in [-0.05, 0) is 23.6 Å². The van der Waals surface area contributed by atoms with Gasteiger partial charge in [0.1, 0.15) is 11.6 Å². The van der Waals surface area contributed by atoms with Crippen molar-refractivity contribution in [3.8, 4) is 5.75 Å². The molecule has 2 aromatic carbocycles. The molecule has 2 N–H and O–H groups in total. The molecule has 1 amide bonds. The first-order valence-electron chi connectivity index (χ1n) is 7.85. The molecule has 0 aliphatic rings. The molecule has 24 heavy (non-hydrogen) atoms. The molecule has 2 rings (SSSR count). The van der Waals surface area contributed by atoms with Crippen molar-refractivity contribution in [3.63, 3.8) is 0 Å². The normalized spacial score (nSPS) is 13.2. The van der Waals surface area contributed by atoms with Crippen molar-refractivity contribution >= 4 is 5.91 Å². The number of amides is 1.